The second-order valence-corrected chi connectivity index (χ2v) is 14.1. The number of carbonyl (C=O) groups excluding carboxylic acids is 2. The van der Waals surface area contributed by atoms with Crippen molar-refractivity contribution in [3.05, 3.63) is 23.8 Å². The minimum absolute atomic E-state index is 0.0543. The average molecular weight is 707 g/mol. The van der Waals surface area contributed by atoms with Crippen molar-refractivity contribution >= 4 is 44.8 Å². The van der Waals surface area contributed by atoms with Crippen LogP contribution in [0.2, 0.25) is 0 Å². The molecule has 3 atom stereocenters. The van der Waals surface area contributed by atoms with E-state index in [1.165, 1.54) is 37.7 Å². The molecule has 0 spiro atoms. The first-order chi connectivity index (χ1) is 22.0. The Morgan fingerprint density at radius 3 is 2.52 bits per heavy atom. The fraction of sp³-hybridized carbons (Fsp3) is 0.647. The largest absolute Gasteiger partial charge is 0.494 e. The van der Waals surface area contributed by atoms with Gasteiger partial charge >= 0.3 is 12.1 Å². The number of hydrogen-bond acceptors (Lipinski definition) is 8. The first kappa shape index (κ1) is 35.6. The molecule has 254 valence electrons. The van der Waals surface area contributed by atoms with Gasteiger partial charge in [0.1, 0.15) is 35.2 Å². The number of nitrogens with one attached hydrogen (secondary N) is 1. The zero-order chi connectivity index (χ0) is 33.4. The number of hydrogen-bond donors (Lipinski definition) is 2. The van der Waals surface area contributed by atoms with E-state index < -0.39 is 41.6 Å². The molecular formula is C34H48BrN3O8. The highest BCUT2D eigenvalue weighted by Gasteiger charge is 2.46. The topological polar surface area (TPSA) is 137 Å². The quantitative estimate of drug-likeness (QED) is 0.120. The van der Waals surface area contributed by atoms with E-state index >= 15 is 0 Å². The molecule has 1 aliphatic carbocycles. The van der Waals surface area contributed by atoms with Crippen LogP contribution < -0.4 is 19.5 Å². The molecule has 1 aromatic carbocycles. The highest BCUT2D eigenvalue weighted by atomic mass is 79.9. The molecule has 1 aromatic heterocycles. The number of carboxylic acid groups (broad SMARTS) is 1. The Balaban J connectivity index is 1.69. The van der Waals surface area contributed by atoms with Crippen LogP contribution >= 0.6 is 15.9 Å². The first-order valence-corrected chi connectivity index (χ1v) is 17.3. The van der Waals surface area contributed by atoms with E-state index in [9.17, 15) is 19.5 Å². The van der Waals surface area contributed by atoms with E-state index in [0.29, 0.717) is 35.9 Å². The molecule has 0 bridgehead atoms. The maximum absolute atomic E-state index is 13.8. The number of para-hydroxylation sites is 1. The van der Waals surface area contributed by atoms with Crippen molar-refractivity contribution in [3.63, 3.8) is 0 Å². The fourth-order valence-electron chi connectivity index (χ4n) is 6.03. The summed E-state index contributed by atoms with van der Waals surface area (Å²) < 4.78 is 23.8. The van der Waals surface area contributed by atoms with Crippen molar-refractivity contribution in [2.45, 2.75) is 96.7 Å². The van der Waals surface area contributed by atoms with Gasteiger partial charge in [0, 0.05) is 17.1 Å². The lowest BCUT2D eigenvalue weighted by molar-refractivity contribution is -0.152. The molecule has 1 aliphatic heterocycles. The zero-order valence-corrected chi connectivity index (χ0v) is 29.2. The van der Waals surface area contributed by atoms with E-state index in [2.05, 4.69) is 21.2 Å². The molecule has 12 heteroatoms. The second kappa shape index (κ2) is 16.0. The van der Waals surface area contributed by atoms with Crippen molar-refractivity contribution in [2.24, 2.45) is 11.3 Å². The van der Waals surface area contributed by atoms with Crippen LogP contribution in [0.15, 0.2) is 18.2 Å². The first-order valence-electron chi connectivity index (χ1n) is 16.2. The van der Waals surface area contributed by atoms with Gasteiger partial charge in [-0.2, -0.15) is 0 Å². The van der Waals surface area contributed by atoms with Crippen LogP contribution in [0.3, 0.4) is 0 Å². The normalized spacial score (nSPS) is 18.7. The van der Waals surface area contributed by atoms with E-state index in [0.717, 1.165) is 41.5 Å². The van der Waals surface area contributed by atoms with E-state index in [1.807, 2.05) is 18.2 Å². The number of carbonyl (C=O) groups is 3. The van der Waals surface area contributed by atoms with Crippen LogP contribution in [0.4, 0.5) is 4.79 Å². The lowest BCUT2D eigenvalue weighted by atomic mass is 9.85. The van der Waals surface area contributed by atoms with Crippen molar-refractivity contribution < 1.29 is 38.4 Å². The summed E-state index contributed by atoms with van der Waals surface area (Å²) >= 11 is 3.49. The van der Waals surface area contributed by atoms with Gasteiger partial charge in [0.25, 0.3) is 0 Å². The van der Waals surface area contributed by atoms with Crippen LogP contribution in [0.1, 0.15) is 77.7 Å². The molecule has 11 nitrogen and oxygen atoms in total. The lowest BCUT2D eigenvalue weighted by Crippen LogP contribution is -2.56. The number of rotatable bonds is 16. The van der Waals surface area contributed by atoms with Gasteiger partial charge in [-0.15, -0.1) is 0 Å². The summed E-state index contributed by atoms with van der Waals surface area (Å²) in [5.74, 6) is 1.44. The van der Waals surface area contributed by atoms with Crippen molar-refractivity contribution in [3.8, 4) is 17.4 Å². The number of benzene rings is 1. The molecule has 2 aliphatic rings. The maximum atomic E-state index is 13.8. The van der Waals surface area contributed by atoms with Gasteiger partial charge in [-0.25, -0.2) is 14.6 Å². The summed E-state index contributed by atoms with van der Waals surface area (Å²) in [5, 5.41) is 13.4. The number of ether oxygens (including phenoxy) is 4. The number of nitrogens with zero attached hydrogens (tertiary/aromatic N) is 2. The minimum Gasteiger partial charge on any atom is -0.494 e. The Bertz CT molecular complexity index is 1380. The number of halogens is 1. The Hall–Kier alpha value is -3.28. The Labute approximate surface area is 279 Å². The number of likely N-dealkylation sites (tertiary alicyclic amines) is 1. The Morgan fingerprint density at radius 1 is 1.13 bits per heavy atom. The Morgan fingerprint density at radius 2 is 1.89 bits per heavy atom. The van der Waals surface area contributed by atoms with Crippen LogP contribution in [-0.2, 0) is 20.7 Å². The Kier molecular flexibility index (Phi) is 12.4. The number of methoxy groups -OCH3 is 2. The lowest BCUT2D eigenvalue weighted by Gasteiger charge is -2.34. The number of esters is 1. The smallest absolute Gasteiger partial charge is 0.405 e. The maximum Gasteiger partial charge on any atom is 0.405 e. The molecule has 2 heterocycles. The summed E-state index contributed by atoms with van der Waals surface area (Å²) in [6, 6.07) is 3.70. The highest BCUT2D eigenvalue weighted by Crippen LogP contribution is 2.41. The summed E-state index contributed by atoms with van der Waals surface area (Å²) in [7, 11) is 2.86. The van der Waals surface area contributed by atoms with E-state index in [-0.39, 0.29) is 13.0 Å². The zero-order valence-electron chi connectivity index (χ0n) is 27.6. The SMILES string of the molecule is COC(=O)[C@@H]1CC(Oc2nc3c(OC)cccc3c(OCCCBr)c2CCCCCC2CC2)CN1C(=O)[C@@H](NC(=O)O)C(C)(C)C. The van der Waals surface area contributed by atoms with Crippen molar-refractivity contribution in [1.29, 1.82) is 0 Å². The number of fused-ring (bicyclic) bond motifs is 1. The van der Waals surface area contributed by atoms with Crippen LogP contribution in [0.5, 0.6) is 17.4 Å². The molecular weight excluding hydrogens is 658 g/mol. The molecule has 1 saturated heterocycles. The molecule has 2 fully saturated rings. The summed E-state index contributed by atoms with van der Waals surface area (Å²) in [6.45, 7) is 5.85. The third-order valence-electron chi connectivity index (χ3n) is 8.65. The summed E-state index contributed by atoms with van der Waals surface area (Å²) in [5.41, 5.74) is 0.695. The molecule has 1 saturated carbocycles. The fourth-order valence-corrected chi connectivity index (χ4v) is 6.25. The molecule has 4 rings (SSSR count). The summed E-state index contributed by atoms with van der Waals surface area (Å²) in [6.07, 6.45) is 6.87. The molecule has 1 unspecified atom stereocenters. The highest BCUT2D eigenvalue weighted by molar-refractivity contribution is 9.09. The number of alkyl halides is 1. The van der Waals surface area contributed by atoms with E-state index in [4.69, 9.17) is 23.9 Å². The number of amides is 2. The molecule has 2 amide bonds. The number of aromatic nitrogens is 1. The standard InChI is InChI=1S/C34H48BrN3O8/c1-34(2,3)29(37-33(41)42)31(39)38-20-22(19-25(38)32(40)44-5)46-30-24(12-8-6-7-11-21-15-16-21)28(45-18-10-17-35)23-13-9-14-26(43-4)27(23)36-30/h9,13-14,21-22,25,29,37H,6-8,10-12,15-20H2,1-5H3,(H,41,42)/t22?,25-,29+/m0/s1. The van der Waals surface area contributed by atoms with Gasteiger partial charge in [0.2, 0.25) is 11.8 Å². The number of unbranched alkanes of at least 4 members (excludes halogenated alkanes) is 2. The van der Waals surface area contributed by atoms with Gasteiger partial charge in [-0.3, -0.25) is 4.79 Å². The van der Waals surface area contributed by atoms with Crippen LogP contribution in [0.25, 0.3) is 10.9 Å². The molecule has 2 N–H and O–H groups in total. The second-order valence-electron chi connectivity index (χ2n) is 13.3. The van der Waals surface area contributed by atoms with Gasteiger partial charge in [-0.1, -0.05) is 74.9 Å². The third-order valence-corrected chi connectivity index (χ3v) is 9.21. The molecule has 2 aromatic rings. The van der Waals surface area contributed by atoms with Gasteiger partial charge in [0.05, 0.1) is 32.9 Å². The summed E-state index contributed by atoms with van der Waals surface area (Å²) in [4.78, 5) is 44.7. The predicted molar refractivity (Wildman–Crippen MR) is 178 cm³/mol. The third kappa shape index (κ3) is 8.95. The van der Waals surface area contributed by atoms with Crippen LogP contribution in [-0.4, -0.2) is 83.8 Å². The minimum atomic E-state index is -1.32. The predicted octanol–water partition coefficient (Wildman–Crippen LogP) is 6.12. The number of pyridine rings is 1. The van der Waals surface area contributed by atoms with Crippen molar-refractivity contribution in [1.82, 2.24) is 15.2 Å². The van der Waals surface area contributed by atoms with Gasteiger partial charge < -0.3 is 34.3 Å². The molecule has 0 radical (unpaired) electrons. The molecule has 46 heavy (non-hydrogen) atoms. The van der Waals surface area contributed by atoms with Gasteiger partial charge in [-0.05, 0) is 42.7 Å². The van der Waals surface area contributed by atoms with Crippen LogP contribution in [0, 0.1) is 11.3 Å². The monoisotopic (exact) mass is 705 g/mol. The average Bonchev–Trinajstić information content (AvgIpc) is 3.75. The van der Waals surface area contributed by atoms with E-state index in [1.54, 1.807) is 27.9 Å². The van der Waals surface area contributed by atoms with Crippen molar-refractivity contribution in [2.75, 3.05) is 32.7 Å². The van der Waals surface area contributed by atoms with Gasteiger partial charge in [0.15, 0.2) is 0 Å².